The molecule has 0 aromatic rings. The Kier molecular flexibility index (Phi) is 6.40. The number of alkyl halides is 8. The minimum absolute atomic E-state index is 0.182. The molecular weight excluding hydrogens is 392 g/mol. The molecule has 3 rings (SSSR count). The van der Waals surface area contributed by atoms with Crippen LogP contribution in [0, 0.1) is 5.41 Å². The van der Waals surface area contributed by atoms with Crippen LogP contribution in [0.5, 0.6) is 0 Å². The highest BCUT2D eigenvalue weighted by molar-refractivity contribution is 6.04. The highest BCUT2D eigenvalue weighted by atomic mass is 19.4. The number of nitrogens with one attached hydrogen (secondary N) is 1. The maximum absolute atomic E-state index is 13.7. The zero-order chi connectivity index (χ0) is 20.6. The molecule has 3 N–H and O–H groups in total. The van der Waals surface area contributed by atoms with Gasteiger partial charge in [-0.2, -0.15) is 13.2 Å². The van der Waals surface area contributed by atoms with Crippen LogP contribution < -0.4 is 5.73 Å². The van der Waals surface area contributed by atoms with E-state index >= 15 is 0 Å². The van der Waals surface area contributed by atoms with Crippen molar-refractivity contribution in [1.82, 2.24) is 0 Å². The molecule has 2 aliphatic carbocycles. The van der Waals surface area contributed by atoms with Crippen LogP contribution in [0.1, 0.15) is 19.3 Å². The van der Waals surface area contributed by atoms with Crippen LogP contribution in [-0.4, -0.2) is 61.7 Å². The van der Waals surface area contributed by atoms with Gasteiger partial charge in [-0.05, 0) is 19.3 Å². The third kappa shape index (κ3) is 4.05. The summed E-state index contributed by atoms with van der Waals surface area (Å²) in [6, 6.07) is 0. The number of hydrogen-bond acceptors (Lipinski definition) is 4. The first-order valence-electron chi connectivity index (χ1n) is 8.08. The molecule has 27 heavy (non-hydrogen) atoms. The zero-order valence-corrected chi connectivity index (χ0v) is 13.8. The molecule has 0 aromatic heterocycles. The fourth-order valence-electron chi connectivity index (χ4n) is 3.07. The Morgan fingerprint density at radius 3 is 1.89 bits per heavy atom. The molecule has 2 fully saturated rings. The van der Waals surface area contributed by atoms with Crippen molar-refractivity contribution >= 4 is 5.71 Å². The molecule has 12 heteroatoms. The van der Waals surface area contributed by atoms with Gasteiger partial charge in [0.25, 0.3) is 0 Å². The van der Waals surface area contributed by atoms with E-state index in [-0.39, 0.29) is 26.1 Å². The van der Waals surface area contributed by atoms with Gasteiger partial charge in [0.1, 0.15) is 18.1 Å². The number of nitrogens with two attached hydrogens (primary N) is 1. The van der Waals surface area contributed by atoms with Gasteiger partial charge in [0, 0.05) is 0 Å². The van der Waals surface area contributed by atoms with Crippen molar-refractivity contribution in [2.75, 3.05) is 13.2 Å². The summed E-state index contributed by atoms with van der Waals surface area (Å²) in [6.45, 7) is -0.399. The maximum Gasteiger partial charge on any atom is 0.433 e. The molecule has 1 heterocycles. The first-order chi connectivity index (χ1) is 12.4. The van der Waals surface area contributed by atoms with Crippen molar-refractivity contribution in [3.63, 3.8) is 0 Å². The third-order valence-corrected chi connectivity index (χ3v) is 4.45. The predicted octanol–water partition coefficient (Wildman–Crippen LogP) is 3.40. The highest BCUT2D eigenvalue weighted by Gasteiger charge is 2.63. The molecule has 0 amide bonds. The quantitative estimate of drug-likeness (QED) is 0.514. The van der Waals surface area contributed by atoms with E-state index < -0.39 is 59.8 Å². The van der Waals surface area contributed by atoms with Gasteiger partial charge in [0.15, 0.2) is 18.5 Å². The minimum atomic E-state index is -5.09. The van der Waals surface area contributed by atoms with Crippen LogP contribution in [0.15, 0.2) is 11.3 Å². The second-order valence-corrected chi connectivity index (χ2v) is 6.28. The highest BCUT2D eigenvalue weighted by Crippen LogP contribution is 2.46. The second kappa shape index (κ2) is 7.90. The van der Waals surface area contributed by atoms with E-state index in [1.54, 1.807) is 0 Å². The summed E-state index contributed by atoms with van der Waals surface area (Å²) >= 11 is 0. The molecular formula is C15H18F8N2O2. The van der Waals surface area contributed by atoms with Crippen LogP contribution >= 0.6 is 0 Å². The third-order valence-electron chi connectivity index (χ3n) is 4.45. The fraction of sp³-hybridized carbons (Fsp3) is 0.800. The molecule has 1 aliphatic heterocycles. The molecule has 1 saturated carbocycles. The first kappa shape index (κ1) is 21.9. The summed E-state index contributed by atoms with van der Waals surface area (Å²) in [4.78, 5) is 0. The molecule has 3 aliphatic rings. The van der Waals surface area contributed by atoms with Crippen molar-refractivity contribution in [2.24, 2.45) is 5.73 Å². The lowest BCUT2D eigenvalue weighted by Gasteiger charge is -2.28. The van der Waals surface area contributed by atoms with Gasteiger partial charge in [-0.3, -0.25) is 5.41 Å². The van der Waals surface area contributed by atoms with Gasteiger partial charge < -0.3 is 15.2 Å². The molecule has 4 atom stereocenters. The van der Waals surface area contributed by atoms with E-state index in [1.807, 2.05) is 0 Å². The Morgan fingerprint density at radius 2 is 1.48 bits per heavy atom. The summed E-state index contributed by atoms with van der Waals surface area (Å²) in [7, 11) is 0. The van der Waals surface area contributed by atoms with Gasteiger partial charge in [-0.15, -0.1) is 0 Å². The van der Waals surface area contributed by atoms with Gasteiger partial charge in [0.2, 0.25) is 5.79 Å². The molecule has 1 spiro atoms. The molecule has 0 aromatic carbocycles. The van der Waals surface area contributed by atoms with Crippen LogP contribution in [0.25, 0.3) is 0 Å². The van der Waals surface area contributed by atoms with Gasteiger partial charge in [-0.1, -0.05) is 0 Å². The Hall–Kier alpha value is -1.43. The van der Waals surface area contributed by atoms with E-state index in [9.17, 15) is 35.1 Å². The smallest absolute Gasteiger partial charge is 0.399 e. The zero-order valence-electron chi connectivity index (χ0n) is 13.8. The summed E-state index contributed by atoms with van der Waals surface area (Å²) in [5.41, 5.74) is 1.06. The van der Waals surface area contributed by atoms with Crippen LogP contribution in [-0.2, 0) is 9.47 Å². The van der Waals surface area contributed by atoms with Crippen molar-refractivity contribution in [3.05, 3.63) is 11.3 Å². The summed E-state index contributed by atoms with van der Waals surface area (Å²) < 4.78 is 111. The molecule has 1 saturated heterocycles. The first-order valence-corrected chi connectivity index (χ1v) is 8.08. The van der Waals surface area contributed by atoms with Crippen LogP contribution in [0.3, 0.4) is 0 Å². The molecule has 0 radical (unpaired) electrons. The van der Waals surface area contributed by atoms with E-state index in [1.165, 1.54) is 0 Å². The molecule has 4 nitrogen and oxygen atoms in total. The molecule has 4 unspecified atom stereocenters. The number of halogens is 8. The number of ether oxygens (including phenoxy) is 2. The monoisotopic (exact) mass is 410 g/mol. The number of rotatable bonds is 1. The number of allylic oxidation sites excluding steroid dienone is 1. The van der Waals surface area contributed by atoms with E-state index in [2.05, 4.69) is 0 Å². The van der Waals surface area contributed by atoms with E-state index in [4.69, 9.17) is 20.6 Å². The largest absolute Gasteiger partial charge is 0.433 e. The molecule has 0 bridgehead atoms. The number of hydrogen-bond donors (Lipinski definition) is 2. The van der Waals surface area contributed by atoms with E-state index in [0.717, 1.165) is 0 Å². The van der Waals surface area contributed by atoms with E-state index in [0.29, 0.717) is 6.42 Å². The van der Waals surface area contributed by atoms with Crippen LogP contribution in [0.2, 0.25) is 0 Å². The maximum atomic E-state index is 13.7. The van der Waals surface area contributed by atoms with Crippen molar-refractivity contribution in [2.45, 2.75) is 62.1 Å². The summed E-state index contributed by atoms with van der Waals surface area (Å²) in [6.07, 6.45) is -14.2. The lowest BCUT2D eigenvalue weighted by atomic mass is 9.95. The Morgan fingerprint density at radius 1 is 1.00 bits per heavy atom. The van der Waals surface area contributed by atoms with Gasteiger partial charge >= 0.3 is 6.18 Å². The standard InChI is InChI=1S/C9H9F5N2O2.C6H9F3/c10-4-5(15)3(7(16)9(12,13)14)8(6(4)11)17-1-2-18-8;7-4-2-1-3-5(8)6(4)9/h4,6,16H,1-2,15H2;4-6H,1-3H2. The summed E-state index contributed by atoms with van der Waals surface area (Å²) in [5.74, 6) is -2.55. The molecule has 156 valence electrons. The lowest BCUT2D eigenvalue weighted by Crippen LogP contribution is -2.46. The van der Waals surface area contributed by atoms with Gasteiger partial charge in [0.05, 0.1) is 24.5 Å². The minimum Gasteiger partial charge on any atom is -0.399 e. The average molecular weight is 410 g/mol. The summed E-state index contributed by atoms with van der Waals surface area (Å²) in [5, 5.41) is 6.98. The van der Waals surface area contributed by atoms with Gasteiger partial charge in [-0.25, -0.2) is 22.0 Å². The normalized spacial score (nSPS) is 35.9. The fourth-order valence-corrected chi connectivity index (χ4v) is 3.07. The Bertz CT molecular complexity index is 581. The SMILES string of the molecule is FC1CCCC(F)C1F.N=C(C1=C(N)C(F)C(F)C12OCCO2)C(F)(F)F. The van der Waals surface area contributed by atoms with Crippen LogP contribution in [0.4, 0.5) is 35.1 Å². The second-order valence-electron chi connectivity index (χ2n) is 6.28. The van der Waals surface area contributed by atoms with Crippen molar-refractivity contribution in [1.29, 1.82) is 5.41 Å². The lowest BCUT2D eigenvalue weighted by molar-refractivity contribution is -0.170. The van der Waals surface area contributed by atoms with Crippen molar-refractivity contribution < 1.29 is 44.6 Å². The Balaban J connectivity index is 0.000000244. The average Bonchev–Trinajstić information content (AvgIpc) is 3.14. The topological polar surface area (TPSA) is 68.3 Å². The van der Waals surface area contributed by atoms with Crippen molar-refractivity contribution in [3.8, 4) is 0 Å². The predicted molar refractivity (Wildman–Crippen MR) is 78.0 cm³/mol. The Labute approximate surface area is 149 Å².